The number of carbonyl (C=O) groups excluding carboxylic acids is 1. The average Bonchev–Trinajstić information content (AvgIpc) is 3.12. The van der Waals surface area contributed by atoms with E-state index >= 15 is 0 Å². The maximum absolute atomic E-state index is 11.5. The quantitative estimate of drug-likeness (QED) is 0.845. The molecule has 0 spiro atoms. The monoisotopic (exact) mass is 338 g/mol. The molecule has 0 aliphatic heterocycles. The van der Waals surface area contributed by atoms with Crippen molar-refractivity contribution in [2.75, 3.05) is 6.61 Å². The molecule has 0 radical (unpaired) electrons. The van der Waals surface area contributed by atoms with Crippen LogP contribution in [0.5, 0.6) is 5.75 Å². The largest absolute Gasteiger partial charge is 0.482 e. The number of benzene rings is 1. The maximum Gasteiger partial charge on any atom is 0.258 e. The van der Waals surface area contributed by atoms with E-state index in [1.54, 1.807) is 0 Å². The Morgan fingerprint density at radius 2 is 2.00 bits per heavy atom. The van der Waals surface area contributed by atoms with Gasteiger partial charge in [0.15, 0.2) is 6.61 Å². The Kier molecular flexibility index (Phi) is 4.43. The summed E-state index contributed by atoms with van der Waals surface area (Å²) in [6.07, 6.45) is 1.95. The van der Waals surface area contributed by atoms with Crippen LogP contribution in [-0.4, -0.2) is 27.0 Å². The predicted octanol–water partition coefficient (Wildman–Crippen LogP) is 1.30. The molecule has 110 valence electrons. The first-order chi connectivity index (χ1) is 9.27. The fourth-order valence-electron chi connectivity index (χ4n) is 1.48. The van der Waals surface area contributed by atoms with Crippen molar-refractivity contribution in [3.05, 3.63) is 22.2 Å². The molecule has 20 heavy (non-hydrogen) atoms. The Morgan fingerprint density at radius 1 is 1.35 bits per heavy atom. The van der Waals surface area contributed by atoms with Crippen LogP contribution in [0.1, 0.15) is 12.8 Å². The first-order valence-corrected chi connectivity index (χ1v) is 8.01. The molecule has 0 unspecified atom stereocenters. The van der Waals surface area contributed by atoms with Crippen molar-refractivity contribution in [1.82, 2.24) is 5.32 Å². The summed E-state index contributed by atoms with van der Waals surface area (Å²) in [7, 11) is -3.96. The first-order valence-electron chi connectivity index (χ1n) is 5.71. The highest BCUT2D eigenvalue weighted by Crippen LogP contribution is 2.33. The fraction of sp³-hybridized carbons (Fsp3) is 0.364. The summed E-state index contributed by atoms with van der Waals surface area (Å²) in [6, 6.07) is 2.54. The van der Waals surface area contributed by atoms with Gasteiger partial charge in [0.2, 0.25) is 10.0 Å². The molecular formula is C11H12Cl2N2O4S. The molecule has 6 nitrogen and oxygen atoms in total. The highest BCUT2D eigenvalue weighted by atomic mass is 35.5. The minimum atomic E-state index is -3.96. The van der Waals surface area contributed by atoms with Gasteiger partial charge in [-0.3, -0.25) is 4.79 Å². The van der Waals surface area contributed by atoms with Gasteiger partial charge in [-0.05, 0) is 18.9 Å². The van der Waals surface area contributed by atoms with E-state index in [-0.39, 0.29) is 39.2 Å². The minimum absolute atomic E-state index is 0.0117. The van der Waals surface area contributed by atoms with E-state index in [1.165, 1.54) is 6.07 Å². The molecule has 2 rings (SSSR count). The lowest BCUT2D eigenvalue weighted by Crippen LogP contribution is -2.30. The van der Waals surface area contributed by atoms with E-state index in [9.17, 15) is 13.2 Å². The van der Waals surface area contributed by atoms with E-state index < -0.39 is 10.0 Å². The third-order valence-electron chi connectivity index (χ3n) is 2.59. The Bertz CT molecular complexity index is 644. The third kappa shape index (κ3) is 3.99. The summed E-state index contributed by atoms with van der Waals surface area (Å²) < 4.78 is 27.7. The number of hydrogen-bond acceptors (Lipinski definition) is 4. The van der Waals surface area contributed by atoms with Crippen LogP contribution < -0.4 is 15.2 Å². The SMILES string of the molecule is NS(=O)(=O)c1cc(Cl)c(OCC(=O)NC2CC2)cc1Cl. The van der Waals surface area contributed by atoms with Crippen molar-refractivity contribution in [3.63, 3.8) is 0 Å². The number of rotatable bonds is 5. The number of amides is 1. The van der Waals surface area contributed by atoms with Crippen molar-refractivity contribution in [1.29, 1.82) is 0 Å². The van der Waals surface area contributed by atoms with Crippen LogP contribution in [0.4, 0.5) is 0 Å². The molecule has 1 aliphatic rings. The van der Waals surface area contributed by atoms with Crippen molar-refractivity contribution in [2.24, 2.45) is 5.14 Å². The van der Waals surface area contributed by atoms with Gasteiger partial charge < -0.3 is 10.1 Å². The topological polar surface area (TPSA) is 98.5 Å². The number of hydrogen-bond donors (Lipinski definition) is 2. The standard InChI is InChI=1S/C11H12Cl2N2O4S/c12-7-4-10(20(14,17)18)8(13)3-9(7)19-5-11(16)15-6-1-2-6/h3-4,6H,1-2,5H2,(H,15,16)(H2,14,17,18). The van der Waals surface area contributed by atoms with Gasteiger partial charge in [-0.2, -0.15) is 0 Å². The molecule has 1 aromatic carbocycles. The van der Waals surface area contributed by atoms with Crippen LogP contribution in [0.2, 0.25) is 10.0 Å². The van der Waals surface area contributed by atoms with E-state index in [1.807, 2.05) is 0 Å². The van der Waals surface area contributed by atoms with Gasteiger partial charge in [0, 0.05) is 12.1 Å². The fourth-order valence-corrected chi connectivity index (χ4v) is 2.85. The molecule has 0 saturated heterocycles. The third-order valence-corrected chi connectivity index (χ3v) is 4.27. The highest BCUT2D eigenvalue weighted by Gasteiger charge is 2.23. The van der Waals surface area contributed by atoms with Crippen molar-refractivity contribution in [3.8, 4) is 5.75 Å². The Labute approximate surface area is 126 Å². The molecule has 1 aromatic rings. The number of primary sulfonamides is 1. The normalized spacial score (nSPS) is 14.9. The lowest BCUT2D eigenvalue weighted by molar-refractivity contribution is -0.123. The molecular weight excluding hydrogens is 327 g/mol. The molecule has 9 heteroatoms. The first kappa shape index (κ1) is 15.4. The van der Waals surface area contributed by atoms with Crippen LogP contribution >= 0.6 is 23.2 Å². The number of halogens is 2. The summed E-state index contributed by atoms with van der Waals surface area (Å²) in [5, 5.41) is 7.62. The van der Waals surface area contributed by atoms with Gasteiger partial charge >= 0.3 is 0 Å². The van der Waals surface area contributed by atoms with Crippen LogP contribution in [0.15, 0.2) is 17.0 Å². The summed E-state index contributed by atoms with van der Waals surface area (Å²) >= 11 is 11.7. The Morgan fingerprint density at radius 3 is 2.55 bits per heavy atom. The zero-order valence-corrected chi connectivity index (χ0v) is 12.6. The van der Waals surface area contributed by atoms with Crippen molar-refractivity contribution in [2.45, 2.75) is 23.8 Å². The van der Waals surface area contributed by atoms with Crippen molar-refractivity contribution < 1.29 is 17.9 Å². The predicted molar refractivity (Wildman–Crippen MR) is 74.5 cm³/mol. The number of ether oxygens (including phenoxy) is 1. The zero-order chi connectivity index (χ0) is 14.9. The second-order valence-electron chi connectivity index (χ2n) is 4.39. The van der Waals surface area contributed by atoms with E-state index in [0.717, 1.165) is 18.9 Å². The second kappa shape index (κ2) is 5.77. The van der Waals surface area contributed by atoms with Gasteiger partial charge in [-0.15, -0.1) is 0 Å². The Balaban J connectivity index is 2.08. The summed E-state index contributed by atoms with van der Waals surface area (Å²) in [5.74, 6) is -0.148. The number of nitrogens with one attached hydrogen (secondary N) is 1. The molecule has 0 bridgehead atoms. The van der Waals surface area contributed by atoms with Crippen LogP contribution in [0.3, 0.4) is 0 Å². The van der Waals surface area contributed by atoms with Crippen LogP contribution in [0.25, 0.3) is 0 Å². The summed E-state index contributed by atoms with van der Waals surface area (Å²) in [6.45, 7) is -0.221. The van der Waals surface area contributed by atoms with Crippen molar-refractivity contribution >= 4 is 39.1 Å². The lowest BCUT2D eigenvalue weighted by atomic mass is 10.3. The lowest BCUT2D eigenvalue weighted by Gasteiger charge is -2.10. The summed E-state index contributed by atoms with van der Waals surface area (Å²) in [5.41, 5.74) is 0. The van der Waals surface area contributed by atoms with Crippen LogP contribution in [-0.2, 0) is 14.8 Å². The molecule has 3 N–H and O–H groups in total. The van der Waals surface area contributed by atoms with Crippen LogP contribution in [0, 0.1) is 0 Å². The molecule has 1 saturated carbocycles. The molecule has 1 fully saturated rings. The molecule has 0 heterocycles. The van der Waals surface area contributed by atoms with E-state index in [0.29, 0.717) is 0 Å². The van der Waals surface area contributed by atoms with E-state index in [4.69, 9.17) is 33.1 Å². The summed E-state index contributed by atoms with van der Waals surface area (Å²) in [4.78, 5) is 11.2. The van der Waals surface area contributed by atoms with Gasteiger partial charge in [-0.1, -0.05) is 23.2 Å². The van der Waals surface area contributed by atoms with Gasteiger partial charge in [0.25, 0.3) is 5.91 Å². The number of sulfonamides is 1. The second-order valence-corrected chi connectivity index (χ2v) is 6.73. The van der Waals surface area contributed by atoms with Gasteiger partial charge in [-0.25, -0.2) is 13.6 Å². The maximum atomic E-state index is 11.5. The molecule has 1 aliphatic carbocycles. The Hall–Kier alpha value is -1.02. The minimum Gasteiger partial charge on any atom is -0.482 e. The van der Waals surface area contributed by atoms with Gasteiger partial charge in [0.1, 0.15) is 10.6 Å². The van der Waals surface area contributed by atoms with E-state index in [2.05, 4.69) is 5.32 Å². The molecule has 0 atom stereocenters. The molecule has 0 aromatic heterocycles. The highest BCUT2D eigenvalue weighted by molar-refractivity contribution is 7.89. The number of nitrogens with two attached hydrogens (primary N) is 1. The van der Waals surface area contributed by atoms with Gasteiger partial charge in [0.05, 0.1) is 10.0 Å². The smallest absolute Gasteiger partial charge is 0.258 e. The zero-order valence-electron chi connectivity index (χ0n) is 10.2. The average molecular weight is 339 g/mol. The molecule has 1 amide bonds. The number of carbonyl (C=O) groups is 1.